The number of nitrogens with zero attached hydrogens (tertiary/aromatic N) is 2. The third kappa shape index (κ3) is 4.13. The summed E-state index contributed by atoms with van der Waals surface area (Å²) in [5, 5.41) is 11.6. The van der Waals surface area contributed by atoms with Gasteiger partial charge in [-0.15, -0.1) is 0 Å². The quantitative estimate of drug-likeness (QED) is 0.797. The minimum absolute atomic E-state index is 0.0694. The number of anilines is 1. The lowest BCUT2D eigenvalue weighted by Gasteiger charge is -2.33. The van der Waals surface area contributed by atoms with Crippen LogP contribution in [0, 0.1) is 11.7 Å². The van der Waals surface area contributed by atoms with Gasteiger partial charge in [-0.1, -0.05) is 6.07 Å². The van der Waals surface area contributed by atoms with E-state index < -0.39 is 29.5 Å². The number of likely N-dealkylation sites (tertiary alicyclic amines) is 1. The van der Waals surface area contributed by atoms with E-state index in [0.29, 0.717) is 31.5 Å². The van der Waals surface area contributed by atoms with E-state index >= 15 is 0 Å². The van der Waals surface area contributed by atoms with Crippen molar-refractivity contribution < 1.29 is 28.7 Å². The second kappa shape index (κ2) is 7.95. The van der Waals surface area contributed by atoms with Gasteiger partial charge in [0.2, 0.25) is 17.7 Å². The Bertz CT molecular complexity index is 820. The molecule has 0 spiro atoms. The number of carboxylic acids is 1. The van der Waals surface area contributed by atoms with Crippen LogP contribution >= 0.6 is 0 Å². The summed E-state index contributed by atoms with van der Waals surface area (Å²) in [6.45, 7) is 0.517. The Morgan fingerprint density at radius 1 is 1.29 bits per heavy atom. The summed E-state index contributed by atoms with van der Waals surface area (Å²) in [4.78, 5) is 51.1. The monoisotopic (exact) mass is 391 g/mol. The number of benzene rings is 1. The number of amides is 3. The highest BCUT2D eigenvalue weighted by atomic mass is 19.1. The number of fused-ring (bicyclic) bond motifs is 1. The van der Waals surface area contributed by atoms with E-state index in [4.69, 9.17) is 5.11 Å². The van der Waals surface area contributed by atoms with E-state index in [-0.39, 0.29) is 30.5 Å². The number of aliphatic carboxylic acids is 1. The van der Waals surface area contributed by atoms with Crippen molar-refractivity contribution in [3.05, 3.63) is 29.6 Å². The molecule has 28 heavy (non-hydrogen) atoms. The Balaban J connectivity index is 1.64. The van der Waals surface area contributed by atoms with Crippen molar-refractivity contribution in [3.63, 3.8) is 0 Å². The molecule has 2 aliphatic heterocycles. The number of piperidine rings is 1. The zero-order valence-corrected chi connectivity index (χ0v) is 15.5. The lowest BCUT2D eigenvalue weighted by atomic mass is 9.89. The molecule has 0 saturated carbocycles. The lowest BCUT2D eigenvalue weighted by Crippen LogP contribution is -2.46. The normalized spacial score (nSPS) is 19.6. The van der Waals surface area contributed by atoms with Gasteiger partial charge in [0.1, 0.15) is 5.82 Å². The van der Waals surface area contributed by atoms with Crippen LogP contribution in [0.15, 0.2) is 18.2 Å². The number of hydrogen-bond donors (Lipinski definition) is 2. The molecular weight excluding hydrogens is 369 g/mol. The number of hydrogen-bond acceptors (Lipinski definition) is 4. The van der Waals surface area contributed by atoms with Gasteiger partial charge in [0, 0.05) is 32.2 Å². The van der Waals surface area contributed by atoms with Crippen LogP contribution in [-0.2, 0) is 19.2 Å². The van der Waals surface area contributed by atoms with E-state index in [1.165, 1.54) is 30.1 Å². The van der Waals surface area contributed by atoms with Crippen molar-refractivity contribution in [2.24, 2.45) is 5.92 Å². The van der Waals surface area contributed by atoms with Gasteiger partial charge in [-0.05, 0) is 30.5 Å². The van der Waals surface area contributed by atoms with Crippen molar-refractivity contribution in [1.29, 1.82) is 0 Å². The van der Waals surface area contributed by atoms with Crippen LogP contribution < -0.4 is 5.32 Å². The van der Waals surface area contributed by atoms with Crippen LogP contribution in [0.1, 0.15) is 30.7 Å². The third-order valence-electron chi connectivity index (χ3n) is 5.30. The molecule has 2 N–H and O–H groups in total. The maximum Gasteiger partial charge on any atom is 0.306 e. The number of likely N-dealkylation sites (N-methyl/N-ethyl adjacent to an activating group) is 1. The Kier molecular flexibility index (Phi) is 5.62. The first kappa shape index (κ1) is 19.8. The highest BCUT2D eigenvalue weighted by Crippen LogP contribution is 2.33. The fourth-order valence-corrected chi connectivity index (χ4v) is 3.68. The van der Waals surface area contributed by atoms with E-state index in [1.807, 2.05) is 0 Å². The standard InChI is InChI=1S/C19H22FN3O5/c1-22(10-17(25)23-6-4-11(5-7-23)19(27)28)18(26)14-9-16(24)21-15-8-12(20)2-3-13(14)15/h2-3,8,11,14H,4-7,9-10H2,1H3,(H,21,24)(H,27,28). The Hall–Kier alpha value is -2.97. The smallest absolute Gasteiger partial charge is 0.306 e. The predicted octanol–water partition coefficient (Wildman–Crippen LogP) is 1.03. The molecule has 1 unspecified atom stereocenters. The molecular formula is C19H22FN3O5. The first-order valence-electron chi connectivity index (χ1n) is 9.11. The molecule has 150 valence electrons. The van der Waals surface area contributed by atoms with E-state index in [2.05, 4.69) is 5.32 Å². The number of nitrogens with one attached hydrogen (secondary N) is 1. The van der Waals surface area contributed by atoms with Gasteiger partial charge in [-0.2, -0.15) is 0 Å². The molecule has 1 atom stereocenters. The second-order valence-electron chi connectivity index (χ2n) is 7.22. The molecule has 1 saturated heterocycles. The van der Waals surface area contributed by atoms with Crippen LogP contribution in [0.3, 0.4) is 0 Å². The van der Waals surface area contributed by atoms with Crippen LogP contribution in [0.25, 0.3) is 0 Å². The van der Waals surface area contributed by atoms with Gasteiger partial charge in [0.15, 0.2) is 0 Å². The molecule has 3 rings (SSSR count). The van der Waals surface area contributed by atoms with Crippen molar-refractivity contribution in [2.45, 2.75) is 25.2 Å². The van der Waals surface area contributed by atoms with Gasteiger partial charge in [-0.25, -0.2) is 4.39 Å². The van der Waals surface area contributed by atoms with Crippen molar-refractivity contribution >= 4 is 29.4 Å². The van der Waals surface area contributed by atoms with Gasteiger partial charge in [0.05, 0.1) is 18.4 Å². The van der Waals surface area contributed by atoms with Gasteiger partial charge in [0.25, 0.3) is 0 Å². The zero-order chi connectivity index (χ0) is 20.4. The van der Waals surface area contributed by atoms with Crippen LogP contribution in [0.4, 0.5) is 10.1 Å². The largest absolute Gasteiger partial charge is 0.481 e. The first-order chi connectivity index (χ1) is 13.3. The van der Waals surface area contributed by atoms with Crippen molar-refractivity contribution in [3.8, 4) is 0 Å². The molecule has 2 aliphatic rings. The Morgan fingerprint density at radius 3 is 2.61 bits per heavy atom. The molecule has 1 fully saturated rings. The van der Waals surface area contributed by atoms with Gasteiger partial charge >= 0.3 is 5.97 Å². The number of carbonyl (C=O) groups is 4. The maximum absolute atomic E-state index is 13.4. The molecule has 3 amide bonds. The highest BCUT2D eigenvalue weighted by molar-refractivity contribution is 6.01. The topological polar surface area (TPSA) is 107 Å². The first-order valence-corrected chi connectivity index (χ1v) is 9.11. The minimum atomic E-state index is -0.856. The van der Waals surface area contributed by atoms with Crippen molar-refractivity contribution in [1.82, 2.24) is 9.80 Å². The third-order valence-corrected chi connectivity index (χ3v) is 5.30. The molecule has 1 aromatic carbocycles. The molecule has 2 heterocycles. The SMILES string of the molecule is CN(CC(=O)N1CCC(C(=O)O)CC1)C(=O)C1CC(=O)Nc2cc(F)ccc21. The number of rotatable bonds is 4. The summed E-state index contributed by atoms with van der Waals surface area (Å²) in [5.74, 6) is -3.63. The van der Waals surface area contributed by atoms with E-state index in [0.717, 1.165) is 0 Å². The summed E-state index contributed by atoms with van der Waals surface area (Å²) in [6.07, 6.45) is 0.709. The molecule has 1 aromatic rings. The summed E-state index contributed by atoms with van der Waals surface area (Å²) in [6, 6.07) is 3.87. The van der Waals surface area contributed by atoms with Crippen LogP contribution in [0.5, 0.6) is 0 Å². The average molecular weight is 391 g/mol. The van der Waals surface area contributed by atoms with E-state index in [9.17, 15) is 23.6 Å². The Labute approximate surface area is 161 Å². The Morgan fingerprint density at radius 2 is 1.96 bits per heavy atom. The fraction of sp³-hybridized carbons (Fsp3) is 0.474. The summed E-state index contributed by atoms with van der Waals surface area (Å²) < 4.78 is 13.4. The second-order valence-corrected chi connectivity index (χ2v) is 7.22. The lowest BCUT2D eigenvalue weighted by molar-refractivity contribution is -0.146. The van der Waals surface area contributed by atoms with Gasteiger partial charge < -0.3 is 20.2 Å². The molecule has 8 nitrogen and oxygen atoms in total. The number of carbonyl (C=O) groups excluding carboxylic acids is 3. The molecule has 0 bridgehead atoms. The fourth-order valence-electron chi connectivity index (χ4n) is 3.68. The van der Waals surface area contributed by atoms with Crippen molar-refractivity contribution in [2.75, 3.05) is 32.0 Å². The van der Waals surface area contributed by atoms with Crippen LogP contribution in [0.2, 0.25) is 0 Å². The zero-order valence-electron chi connectivity index (χ0n) is 15.5. The maximum atomic E-state index is 13.4. The van der Waals surface area contributed by atoms with Gasteiger partial charge in [-0.3, -0.25) is 19.2 Å². The summed E-state index contributed by atoms with van der Waals surface area (Å²) >= 11 is 0. The molecule has 0 aliphatic carbocycles. The molecule has 0 aromatic heterocycles. The minimum Gasteiger partial charge on any atom is -0.481 e. The highest BCUT2D eigenvalue weighted by Gasteiger charge is 2.34. The predicted molar refractivity (Wildman–Crippen MR) is 97.0 cm³/mol. The van der Waals surface area contributed by atoms with E-state index in [1.54, 1.807) is 4.90 Å². The summed E-state index contributed by atoms with van der Waals surface area (Å²) in [5.41, 5.74) is 0.789. The number of halogens is 1. The molecule has 9 heteroatoms. The molecule has 0 radical (unpaired) electrons. The number of carboxylic acid groups (broad SMARTS) is 1. The van der Waals surface area contributed by atoms with Crippen LogP contribution in [-0.4, -0.2) is 65.3 Å². The average Bonchev–Trinajstić information content (AvgIpc) is 2.66. The summed E-state index contributed by atoms with van der Waals surface area (Å²) in [7, 11) is 1.49.